The van der Waals surface area contributed by atoms with Crippen molar-refractivity contribution in [1.29, 1.82) is 0 Å². The lowest BCUT2D eigenvalue weighted by molar-refractivity contribution is -0.125. The molecule has 4 heteroatoms. The first-order chi connectivity index (χ1) is 11.7. The van der Waals surface area contributed by atoms with Crippen LogP contribution in [0.2, 0.25) is 5.02 Å². The van der Waals surface area contributed by atoms with Crippen LogP contribution in [0.25, 0.3) is 0 Å². The van der Waals surface area contributed by atoms with Crippen LogP contribution in [0.4, 0.5) is 5.69 Å². The Bertz CT molecular complexity index is 682. The van der Waals surface area contributed by atoms with Gasteiger partial charge < -0.3 is 10.1 Å². The van der Waals surface area contributed by atoms with Crippen molar-refractivity contribution in [2.24, 2.45) is 5.92 Å². The molecule has 0 heterocycles. The van der Waals surface area contributed by atoms with E-state index in [4.69, 9.17) is 16.3 Å². The van der Waals surface area contributed by atoms with Gasteiger partial charge in [-0.25, -0.2) is 0 Å². The van der Waals surface area contributed by atoms with Gasteiger partial charge in [-0.05, 0) is 54.8 Å². The summed E-state index contributed by atoms with van der Waals surface area (Å²) in [4.78, 5) is 12.5. The quantitative estimate of drug-likeness (QED) is 0.804. The number of carbonyl (C=O) groups is 1. The van der Waals surface area contributed by atoms with E-state index in [9.17, 15) is 4.79 Å². The Kier molecular flexibility index (Phi) is 5.41. The molecule has 3 nitrogen and oxygen atoms in total. The van der Waals surface area contributed by atoms with Gasteiger partial charge in [-0.15, -0.1) is 0 Å². The van der Waals surface area contributed by atoms with Gasteiger partial charge in [-0.3, -0.25) is 4.79 Å². The lowest BCUT2D eigenvalue weighted by atomic mass is 9.80. The Morgan fingerprint density at radius 2 is 1.79 bits per heavy atom. The molecule has 126 valence electrons. The highest BCUT2D eigenvalue weighted by molar-refractivity contribution is 6.30. The minimum atomic E-state index is -0.0371. The minimum Gasteiger partial charge on any atom is -0.497 e. The van der Waals surface area contributed by atoms with Gasteiger partial charge in [0, 0.05) is 23.0 Å². The number of carbonyl (C=O) groups excluding carboxylic acids is 1. The van der Waals surface area contributed by atoms with E-state index < -0.39 is 0 Å². The van der Waals surface area contributed by atoms with E-state index >= 15 is 0 Å². The standard InChI is InChI=1S/C20H22ClNO2/c1-24-17-12-6-14(7-13-17)20(18-4-2-3-5-19(18)23)22-16-10-8-15(21)9-11-16/h6-13,18,20,22H,2-5H2,1H3. The number of hydrogen-bond donors (Lipinski definition) is 1. The van der Waals surface area contributed by atoms with Crippen molar-refractivity contribution >= 4 is 23.1 Å². The Labute approximate surface area is 148 Å². The fourth-order valence-electron chi connectivity index (χ4n) is 3.32. The van der Waals surface area contributed by atoms with Crippen LogP contribution in [0.15, 0.2) is 48.5 Å². The molecule has 0 spiro atoms. The van der Waals surface area contributed by atoms with Crippen LogP contribution < -0.4 is 10.1 Å². The van der Waals surface area contributed by atoms with E-state index in [1.54, 1.807) is 7.11 Å². The maximum atomic E-state index is 12.5. The van der Waals surface area contributed by atoms with Crippen LogP contribution in [0.5, 0.6) is 5.75 Å². The van der Waals surface area contributed by atoms with Crippen molar-refractivity contribution < 1.29 is 9.53 Å². The molecule has 0 aliphatic heterocycles. The van der Waals surface area contributed by atoms with Crippen molar-refractivity contribution in [3.05, 3.63) is 59.1 Å². The fourth-order valence-corrected chi connectivity index (χ4v) is 3.44. The number of nitrogens with one attached hydrogen (secondary N) is 1. The van der Waals surface area contributed by atoms with Crippen LogP contribution in [-0.4, -0.2) is 12.9 Å². The first-order valence-electron chi connectivity index (χ1n) is 8.36. The summed E-state index contributed by atoms with van der Waals surface area (Å²) in [5.74, 6) is 1.17. The van der Waals surface area contributed by atoms with Gasteiger partial charge in [0.1, 0.15) is 11.5 Å². The van der Waals surface area contributed by atoms with Gasteiger partial charge >= 0.3 is 0 Å². The van der Waals surface area contributed by atoms with Crippen LogP contribution >= 0.6 is 11.6 Å². The van der Waals surface area contributed by atoms with Gasteiger partial charge in [-0.2, -0.15) is 0 Å². The number of methoxy groups -OCH3 is 1. The van der Waals surface area contributed by atoms with Crippen molar-refractivity contribution in [2.45, 2.75) is 31.7 Å². The molecule has 1 aliphatic carbocycles. The number of benzene rings is 2. The highest BCUT2D eigenvalue weighted by atomic mass is 35.5. The lowest BCUT2D eigenvalue weighted by Crippen LogP contribution is -2.30. The zero-order valence-electron chi connectivity index (χ0n) is 13.8. The monoisotopic (exact) mass is 343 g/mol. The number of anilines is 1. The fraction of sp³-hybridized carbons (Fsp3) is 0.350. The van der Waals surface area contributed by atoms with Crippen molar-refractivity contribution in [2.75, 3.05) is 12.4 Å². The lowest BCUT2D eigenvalue weighted by Gasteiger charge is -2.31. The third kappa shape index (κ3) is 3.90. The Morgan fingerprint density at radius 3 is 2.42 bits per heavy atom. The molecule has 1 N–H and O–H groups in total. The van der Waals surface area contributed by atoms with Crippen LogP contribution in [0, 0.1) is 5.92 Å². The van der Waals surface area contributed by atoms with Crippen LogP contribution in [0.1, 0.15) is 37.3 Å². The van der Waals surface area contributed by atoms with Crippen LogP contribution in [0.3, 0.4) is 0 Å². The van der Waals surface area contributed by atoms with E-state index in [2.05, 4.69) is 5.32 Å². The smallest absolute Gasteiger partial charge is 0.138 e. The number of ketones is 1. The molecule has 2 atom stereocenters. The summed E-state index contributed by atoms with van der Waals surface area (Å²) >= 11 is 5.97. The predicted molar refractivity (Wildman–Crippen MR) is 97.8 cm³/mol. The van der Waals surface area contributed by atoms with Gasteiger partial charge in [-0.1, -0.05) is 30.2 Å². The molecule has 24 heavy (non-hydrogen) atoms. The molecule has 2 aromatic carbocycles. The second-order valence-electron chi connectivity index (χ2n) is 6.22. The van der Waals surface area contributed by atoms with Gasteiger partial charge in [0.25, 0.3) is 0 Å². The number of halogens is 1. The summed E-state index contributed by atoms with van der Waals surface area (Å²) < 4.78 is 5.24. The van der Waals surface area contributed by atoms with Gasteiger partial charge in [0.2, 0.25) is 0 Å². The summed E-state index contributed by atoms with van der Waals surface area (Å²) in [6, 6.07) is 15.5. The van der Waals surface area contributed by atoms with E-state index in [1.165, 1.54) is 0 Å². The van der Waals surface area contributed by atoms with Gasteiger partial charge in [0.05, 0.1) is 13.2 Å². The zero-order valence-corrected chi connectivity index (χ0v) is 14.6. The molecule has 2 aromatic rings. The van der Waals surface area contributed by atoms with E-state index in [1.807, 2.05) is 48.5 Å². The molecule has 0 saturated heterocycles. The number of rotatable bonds is 5. The first kappa shape index (κ1) is 16.8. The first-order valence-corrected chi connectivity index (χ1v) is 8.74. The normalized spacial score (nSPS) is 18.9. The summed E-state index contributed by atoms with van der Waals surface area (Å²) in [7, 11) is 1.66. The number of ether oxygens (including phenoxy) is 1. The minimum absolute atomic E-state index is 0.00261. The van der Waals surface area contributed by atoms with Crippen LogP contribution in [-0.2, 0) is 4.79 Å². The Morgan fingerprint density at radius 1 is 1.08 bits per heavy atom. The van der Waals surface area contributed by atoms with E-state index in [0.29, 0.717) is 17.2 Å². The van der Waals surface area contributed by atoms with Crippen molar-refractivity contribution in [3.63, 3.8) is 0 Å². The molecular formula is C20H22ClNO2. The SMILES string of the molecule is COc1ccc(C(Nc2ccc(Cl)cc2)C2CCCCC2=O)cc1. The highest BCUT2D eigenvalue weighted by Gasteiger charge is 2.31. The average molecular weight is 344 g/mol. The molecule has 1 fully saturated rings. The highest BCUT2D eigenvalue weighted by Crippen LogP contribution is 2.35. The second-order valence-corrected chi connectivity index (χ2v) is 6.66. The molecular weight excluding hydrogens is 322 g/mol. The maximum absolute atomic E-state index is 12.5. The molecule has 1 saturated carbocycles. The topological polar surface area (TPSA) is 38.3 Å². The maximum Gasteiger partial charge on any atom is 0.138 e. The van der Waals surface area contributed by atoms with Gasteiger partial charge in [0.15, 0.2) is 0 Å². The summed E-state index contributed by atoms with van der Waals surface area (Å²) in [6.45, 7) is 0. The largest absolute Gasteiger partial charge is 0.497 e. The molecule has 0 aromatic heterocycles. The third-order valence-electron chi connectivity index (χ3n) is 4.65. The molecule has 3 rings (SSSR count). The Balaban J connectivity index is 1.89. The summed E-state index contributed by atoms with van der Waals surface area (Å²) in [6.07, 6.45) is 3.71. The third-order valence-corrected chi connectivity index (χ3v) is 4.90. The zero-order chi connectivity index (χ0) is 16.9. The van der Waals surface area contributed by atoms with E-state index in [0.717, 1.165) is 36.3 Å². The van der Waals surface area contributed by atoms with Crippen molar-refractivity contribution in [3.8, 4) is 5.75 Å². The van der Waals surface area contributed by atoms with E-state index in [-0.39, 0.29) is 12.0 Å². The summed E-state index contributed by atoms with van der Waals surface area (Å²) in [5.41, 5.74) is 2.07. The summed E-state index contributed by atoms with van der Waals surface area (Å²) in [5, 5.41) is 4.24. The Hall–Kier alpha value is -2.00. The second kappa shape index (κ2) is 7.71. The molecule has 0 bridgehead atoms. The molecule has 0 radical (unpaired) electrons. The average Bonchev–Trinajstić information content (AvgIpc) is 2.62. The van der Waals surface area contributed by atoms with Crippen molar-refractivity contribution in [1.82, 2.24) is 0 Å². The predicted octanol–water partition coefficient (Wildman–Crippen LogP) is 5.26. The molecule has 2 unspecified atom stereocenters. The number of hydrogen-bond acceptors (Lipinski definition) is 3. The number of Topliss-reactive ketones (excluding diaryl/α,β-unsaturated/α-hetero) is 1. The molecule has 1 aliphatic rings. The molecule has 0 amide bonds.